The lowest BCUT2D eigenvalue weighted by Crippen LogP contribution is -2.47. The summed E-state index contributed by atoms with van der Waals surface area (Å²) in [5, 5.41) is 11.5. The van der Waals surface area contributed by atoms with E-state index in [0.717, 1.165) is 28.8 Å². The first-order valence-corrected chi connectivity index (χ1v) is 9.85. The van der Waals surface area contributed by atoms with E-state index in [1.165, 1.54) is 45.1 Å². The predicted octanol–water partition coefficient (Wildman–Crippen LogP) is 2.18. The standard InChI is InChI=1S/C16H30IN3O2/c1-12(19-16(21)9-18-22)10-20-7-3-2-4-13-5-6-15(17)8-14(13)11-20/h12-15,18,22H,2-11H2,1H3,(H,19,21)/t12-,13?,14-,15?/m0/s1. The van der Waals surface area contributed by atoms with Crippen LogP contribution >= 0.6 is 22.6 Å². The van der Waals surface area contributed by atoms with Crippen molar-refractivity contribution in [1.82, 2.24) is 15.7 Å². The number of rotatable bonds is 5. The molecule has 5 nitrogen and oxygen atoms in total. The summed E-state index contributed by atoms with van der Waals surface area (Å²) in [6.07, 6.45) is 8.19. The molecule has 1 saturated heterocycles. The van der Waals surface area contributed by atoms with Crippen molar-refractivity contribution in [3.05, 3.63) is 0 Å². The summed E-state index contributed by atoms with van der Waals surface area (Å²) >= 11 is 2.62. The first-order valence-electron chi connectivity index (χ1n) is 8.61. The Bertz CT molecular complexity index is 354. The van der Waals surface area contributed by atoms with Gasteiger partial charge in [0, 0.05) is 23.1 Å². The molecule has 2 unspecified atom stereocenters. The number of hydrogen-bond donors (Lipinski definition) is 3. The van der Waals surface area contributed by atoms with Gasteiger partial charge < -0.3 is 15.4 Å². The molecule has 0 aromatic rings. The van der Waals surface area contributed by atoms with Crippen LogP contribution in [0.5, 0.6) is 0 Å². The Morgan fingerprint density at radius 1 is 1.32 bits per heavy atom. The molecule has 1 heterocycles. The van der Waals surface area contributed by atoms with Crippen molar-refractivity contribution in [3.8, 4) is 0 Å². The fraction of sp³-hybridized carbons (Fsp3) is 0.938. The largest absolute Gasteiger partial charge is 0.351 e. The summed E-state index contributed by atoms with van der Waals surface area (Å²) in [7, 11) is 0. The van der Waals surface area contributed by atoms with Crippen molar-refractivity contribution in [2.45, 2.75) is 55.4 Å². The van der Waals surface area contributed by atoms with Crippen LogP contribution in [-0.2, 0) is 4.79 Å². The van der Waals surface area contributed by atoms with Crippen LogP contribution in [0.25, 0.3) is 0 Å². The van der Waals surface area contributed by atoms with Gasteiger partial charge in [-0.2, -0.15) is 5.48 Å². The van der Waals surface area contributed by atoms with Crippen molar-refractivity contribution in [2.24, 2.45) is 11.8 Å². The van der Waals surface area contributed by atoms with Crippen LogP contribution in [0.4, 0.5) is 0 Å². The molecule has 2 rings (SSSR count). The third kappa shape index (κ3) is 5.94. The maximum absolute atomic E-state index is 11.5. The molecule has 1 amide bonds. The highest BCUT2D eigenvalue weighted by Gasteiger charge is 2.31. The lowest BCUT2D eigenvalue weighted by molar-refractivity contribution is -0.122. The SMILES string of the molecule is C[C@@H](CN1CCCCC2CCC(I)C[C@H]2C1)NC(=O)CNO. The summed E-state index contributed by atoms with van der Waals surface area (Å²) in [6.45, 7) is 5.25. The molecule has 3 N–H and O–H groups in total. The van der Waals surface area contributed by atoms with Crippen LogP contribution in [-0.4, -0.2) is 52.2 Å². The Hall–Kier alpha value is 0.0800. The molecule has 0 aromatic heterocycles. The lowest BCUT2D eigenvalue weighted by atomic mass is 9.75. The summed E-state index contributed by atoms with van der Waals surface area (Å²) in [4.78, 5) is 14.1. The molecule has 2 aliphatic rings. The van der Waals surface area contributed by atoms with Crippen LogP contribution in [0.2, 0.25) is 0 Å². The summed E-state index contributed by atoms with van der Waals surface area (Å²) in [5.41, 5.74) is 1.91. The van der Waals surface area contributed by atoms with E-state index < -0.39 is 0 Å². The molecule has 1 aliphatic carbocycles. The van der Waals surface area contributed by atoms with Crippen LogP contribution < -0.4 is 10.8 Å². The molecule has 1 saturated carbocycles. The third-order valence-electron chi connectivity index (χ3n) is 5.05. The van der Waals surface area contributed by atoms with Crippen LogP contribution in [0.3, 0.4) is 0 Å². The minimum absolute atomic E-state index is 0.0362. The smallest absolute Gasteiger partial charge is 0.236 e. The highest BCUT2D eigenvalue weighted by molar-refractivity contribution is 14.1. The lowest BCUT2D eigenvalue weighted by Gasteiger charge is -2.40. The number of alkyl halides is 1. The molecule has 2 fully saturated rings. The number of amides is 1. The first kappa shape index (κ1) is 18.4. The minimum Gasteiger partial charge on any atom is -0.351 e. The Morgan fingerprint density at radius 2 is 2.14 bits per heavy atom. The second kappa shape index (κ2) is 9.39. The molecule has 0 radical (unpaired) electrons. The summed E-state index contributed by atoms with van der Waals surface area (Å²) in [5.74, 6) is 1.60. The molecule has 128 valence electrons. The maximum atomic E-state index is 11.5. The van der Waals surface area contributed by atoms with Gasteiger partial charge in [0.15, 0.2) is 0 Å². The van der Waals surface area contributed by atoms with Gasteiger partial charge in [-0.1, -0.05) is 35.4 Å². The molecule has 4 atom stereocenters. The highest BCUT2D eigenvalue weighted by Crippen LogP contribution is 2.38. The molecule has 0 spiro atoms. The number of hydrogen-bond acceptors (Lipinski definition) is 4. The normalized spacial score (nSPS) is 31.7. The van der Waals surface area contributed by atoms with E-state index in [1.807, 2.05) is 12.4 Å². The average Bonchev–Trinajstić information content (AvgIpc) is 2.42. The van der Waals surface area contributed by atoms with Crippen LogP contribution in [0, 0.1) is 11.8 Å². The van der Waals surface area contributed by atoms with Crippen molar-refractivity contribution in [3.63, 3.8) is 0 Å². The number of halogens is 1. The third-order valence-corrected chi connectivity index (χ3v) is 6.18. The maximum Gasteiger partial charge on any atom is 0.236 e. The number of carbonyl (C=O) groups is 1. The molecule has 0 aromatic carbocycles. The fourth-order valence-corrected chi connectivity index (χ4v) is 5.05. The van der Waals surface area contributed by atoms with E-state index in [9.17, 15) is 4.79 Å². The van der Waals surface area contributed by atoms with Gasteiger partial charge in [0.2, 0.25) is 5.91 Å². The number of likely N-dealkylation sites (tertiary alicyclic amines) is 1. The van der Waals surface area contributed by atoms with Gasteiger partial charge in [0.05, 0.1) is 6.54 Å². The van der Waals surface area contributed by atoms with E-state index in [-0.39, 0.29) is 18.5 Å². The topological polar surface area (TPSA) is 64.6 Å². The zero-order valence-electron chi connectivity index (χ0n) is 13.6. The van der Waals surface area contributed by atoms with Crippen molar-refractivity contribution in [2.75, 3.05) is 26.2 Å². The zero-order chi connectivity index (χ0) is 15.9. The van der Waals surface area contributed by atoms with Crippen LogP contribution in [0.1, 0.15) is 45.4 Å². The molecule has 1 aliphatic heterocycles. The minimum atomic E-state index is -0.148. The second-order valence-corrected chi connectivity index (χ2v) is 8.75. The van der Waals surface area contributed by atoms with Crippen LogP contribution in [0.15, 0.2) is 0 Å². The van der Waals surface area contributed by atoms with Gasteiger partial charge >= 0.3 is 0 Å². The fourth-order valence-electron chi connectivity index (χ4n) is 4.03. The first-order chi connectivity index (χ1) is 10.6. The highest BCUT2D eigenvalue weighted by atomic mass is 127. The van der Waals surface area contributed by atoms with E-state index in [2.05, 4.69) is 32.8 Å². The average molecular weight is 423 g/mol. The summed E-state index contributed by atoms with van der Waals surface area (Å²) < 4.78 is 0.841. The molecule has 6 heteroatoms. The van der Waals surface area contributed by atoms with Gasteiger partial charge in [0.1, 0.15) is 0 Å². The van der Waals surface area contributed by atoms with Crippen molar-refractivity contribution >= 4 is 28.5 Å². The van der Waals surface area contributed by atoms with Gasteiger partial charge in [-0.15, -0.1) is 0 Å². The molecule has 0 bridgehead atoms. The monoisotopic (exact) mass is 423 g/mol. The molecular weight excluding hydrogens is 393 g/mol. The van der Waals surface area contributed by atoms with E-state index in [0.29, 0.717) is 0 Å². The Morgan fingerprint density at radius 3 is 2.91 bits per heavy atom. The number of nitrogens with one attached hydrogen (secondary N) is 2. The number of carbonyl (C=O) groups excluding carboxylic acids is 1. The van der Waals surface area contributed by atoms with Gasteiger partial charge in [0.25, 0.3) is 0 Å². The van der Waals surface area contributed by atoms with E-state index in [4.69, 9.17) is 5.21 Å². The number of hydroxylamine groups is 1. The number of nitrogens with zero attached hydrogens (tertiary/aromatic N) is 1. The zero-order valence-corrected chi connectivity index (χ0v) is 15.7. The van der Waals surface area contributed by atoms with Gasteiger partial charge in [-0.3, -0.25) is 4.79 Å². The summed E-state index contributed by atoms with van der Waals surface area (Å²) in [6, 6.07) is 0.123. The van der Waals surface area contributed by atoms with Crippen molar-refractivity contribution < 1.29 is 10.0 Å². The van der Waals surface area contributed by atoms with E-state index in [1.54, 1.807) is 0 Å². The predicted molar refractivity (Wildman–Crippen MR) is 96.3 cm³/mol. The van der Waals surface area contributed by atoms with Gasteiger partial charge in [-0.25, -0.2) is 0 Å². The quantitative estimate of drug-likeness (QED) is 0.361. The molecule has 22 heavy (non-hydrogen) atoms. The second-order valence-electron chi connectivity index (χ2n) is 6.99. The van der Waals surface area contributed by atoms with E-state index >= 15 is 0 Å². The number of fused-ring (bicyclic) bond motifs is 1. The van der Waals surface area contributed by atoms with Gasteiger partial charge in [-0.05, 0) is 51.0 Å². The van der Waals surface area contributed by atoms with Crippen molar-refractivity contribution in [1.29, 1.82) is 0 Å². The molecular formula is C16H30IN3O2. The Balaban J connectivity index is 1.84. The Labute approximate surface area is 147 Å². The Kier molecular flexibility index (Phi) is 7.86.